The third kappa shape index (κ3) is 3.87. The third-order valence-electron chi connectivity index (χ3n) is 3.21. The van der Waals surface area contributed by atoms with Crippen molar-refractivity contribution in [3.63, 3.8) is 0 Å². The number of aliphatic carboxylic acids is 1. The van der Waals surface area contributed by atoms with Gasteiger partial charge in [-0.15, -0.1) is 0 Å². The highest BCUT2D eigenvalue weighted by atomic mass is 16.7. The number of hydrogen-bond acceptors (Lipinski definition) is 8. The monoisotopic (exact) mass is 309 g/mol. The molecule has 0 saturated carbocycles. The molecule has 1 amide bonds. The lowest BCUT2D eigenvalue weighted by Crippen LogP contribution is -2.67. The minimum absolute atomic E-state index is 0.598. The number of carboxylic acid groups (broad SMARTS) is 1. The summed E-state index contributed by atoms with van der Waals surface area (Å²) in [6.45, 7) is 0.256. The van der Waals surface area contributed by atoms with Crippen LogP contribution < -0.4 is 5.32 Å². The van der Waals surface area contributed by atoms with Crippen molar-refractivity contribution in [2.24, 2.45) is 0 Å². The number of carbonyl (C=O) groups excluding carboxylic acids is 1. The van der Waals surface area contributed by atoms with Crippen LogP contribution in [0.25, 0.3) is 0 Å². The van der Waals surface area contributed by atoms with Crippen molar-refractivity contribution >= 4 is 11.9 Å². The molecule has 10 heteroatoms. The lowest BCUT2D eigenvalue weighted by atomic mass is 9.88. The summed E-state index contributed by atoms with van der Waals surface area (Å²) in [5.41, 5.74) is 0. The molecule has 10 nitrogen and oxygen atoms in total. The van der Waals surface area contributed by atoms with E-state index in [9.17, 15) is 30.0 Å². The molecule has 0 bridgehead atoms. The topological polar surface area (TPSA) is 177 Å². The van der Waals surface area contributed by atoms with Crippen molar-refractivity contribution in [3.8, 4) is 0 Å². The number of aliphatic hydroxyl groups excluding tert-OH is 4. The third-order valence-corrected chi connectivity index (χ3v) is 3.21. The quantitative estimate of drug-likeness (QED) is 0.268. The van der Waals surface area contributed by atoms with E-state index < -0.39 is 61.1 Å². The van der Waals surface area contributed by atoms with Crippen LogP contribution in [0.2, 0.25) is 0 Å². The molecule has 7 N–H and O–H groups in total. The molecule has 1 rings (SSSR count). The zero-order valence-corrected chi connectivity index (χ0v) is 11.2. The largest absolute Gasteiger partial charge is 0.477 e. The minimum Gasteiger partial charge on any atom is -0.477 e. The molecule has 122 valence electrons. The molecule has 1 aliphatic rings. The van der Waals surface area contributed by atoms with Crippen molar-refractivity contribution in [2.45, 2.75) is 49.6 Å². The van der Waals surface area contributed by atoms with E-state index in [2.05, 4.69) is 5.32 Å². The van der Waals surface area contributed by atoms with E-state index in [1.54, 1.807) is 0 Å². The van der Waals surface area contributed by atoms with Gasteiger partial charge in [0.05, 0.1) is 18.8 Å². The predicted molar refractivity (Wildman–Crippen MR) is 64.8 cm³/mol. The van der Waals surface area contributed by atoms with Crippen LogP contribution in [-0.2, 0) is 14.3 Å². The van der Waals surface area contributed by atoms with Crippen LogP contribution in [0.4, 0.5) is 0 Å². The Bertz CT molecular complexity index is 403. The summed E-state index contributed by atoms with van der Waals surface area (Å²) in [5, 5.41) is 59.0. The molecule has 0 aromatic rings. The van der Waals surface area contributed by atoms with Gasteiger partial charge in [0.15, 0.2) is 0 Å². The summed E-state index contributed by atoms with van der Waals surface area (Å²) in [6.07, 6.45) is -7.48. The average molecular weight is 309 g/mol. The van der Waals surface area contributed by atoms with Crippen molar-refractivity contribution in [2.75, 3.05) is 6.61 Å². The molecule has 21 heavy (non-hydrogen) atoms. The first-order valence-corrected chi connectivity index (χ1v) is 6.18. The Morgan fingerprint density at radius 1 is 1.43 bits per heavy atom. The number of aliphatic hydroxyl groups is 5. The summed E-state index contributed by atoms with van der Waals surface area (Å²) < 4.78 is 4.86. The van der Waals surface area contributed by atoms with Gasteiger partial charge in [-0.25, -0.2) is 4.79 Å². The summed E-state index contributed by atoms with van der Waals surface area (Å²) in [7, 11) is 0. The minimum atomic E-state index is -2.78. The molecule has 0 aromatic carbocycles. The van der Waals surface area contributed by atoms with Crippen molar-refractivity contribution in [1.82, 2.24) is 5.32 Å². The van der Waals surface area contributed by atoms with Gasteiger partial charge in [-0.05, 0) is 0 Å². The van der Waals surface area contributed by atoms with Gasteiger partial charge < -0.3 is 40.7 Å². The first-order valence-electron chi connectivity index (χ1n) is 6.18. The Hall–Kier alpha value is -1.30. The molecule has 0 radical (unpaired) electrons. The van der Waals surface area contributed by atoms with Gasteiger partial charge in [0.25, 0.3) is 5.79 Å². The van der Waals surface area contributed by atoms with Gasteiger partial charge in [0, 0.05) is 13.3 Å². The number of ether oxygens (including phenoxy) is 1. The van der Waals surface area contributed by atoms with Gasteiger partial charge in [0.1, 0.15) is 18.3 Å². The number of hydrogen-bond donors (Lipinski definition) is 7. The van der Waals surface area contributed by atoms with Crippen LogP contribution >= 0.6 is 0 Å². The second-order valence-corrected chi connectivity index (χ2v) is 4.91. The maximum atomic E-state index is 11.1. The van der Waals surface area contributed by atoms with Crippen molar-refractivity contribution in [3.05, 3.63) is 0 Å². The fourth-order valence-corrected chi connectivity index (χ4v) is 2.14. The maximum absolute atomic E-state index is 11.1. The molecule has 0 spiro atoms. The van der Waals surface area contributed by atoms with Gasteiger partial charge >= 0.3 is 5.97 Å². The number of rotatable bonds is 5. The highest BCUT2D eigenvalue weighted by molar-refractivity contribution is 5.76. The molecular weight excluding hydrogens is 290 g/mol. The molecule has 1 fully saturated rings. The van der Waals surface area contributed by atoms with Crippen LogP contribution in [0.5, 0.6) is 0 Å². The summed E-state index contributed by atoms with van der Waals surface area (Å²) in [4.78, 5) is 22.1. The van der Waals surface area contributed by atoms with E-state index in [0.717, 1.165) is 6.92 Å². The highest BCUT2D eigenvalue weighted by Gasteiger charge is 2.53. The van der Waals surface area contributed by atoms with Crippen molar-refractivity contribution < 1.29 is 45.0 Å². The summed E-state index contributed by atoms with van der Waals surface area (Å²) >= 11 is 0. The molecule has 0 aliphatic carbocycles. The lowest BCUT2D eigenvalue weighted by Gasteiger charge is -2.44. The maximum Gasteiger partial charge on any atom is 0.364 e. The number of carboxylic acids is 1. The van der Waals surface area contributed by atoms with E-state index in [-0.39, 0.29) is 0 Å². The summed E-state index contributed by atoms with van der Waals surface area (Å²) in [5.74, 6) is -5.17. The first kappa shape index (κ1) is 17.8. The molecule has 1 heterocycles. The molecule has 1 aliphatic heterocycles. The molecular formula is C11H19NO9. The first-order chi connectivity index (χ1) is 9.62. The normalized spacial score (nSPS) is 35.8. The molecule has 1 saturated heterocycles. The van der Waals surface area contributed by atoms with Gasteiger partial charge in [0.2, 0.25) is 5.91 Å². The van der Waals surface area contributed by atoms with Crippen molar-refractivity contribution in [1.29, 1.82) is 0 Å². The molecule has 0 unspecified atom stereocenters. The average Bonchev–Trinajstić information content (AvgIpc) is 2.39. The Labute approximate surface area is 119 Å². The number of nitrogens with one attached hydrogen (secondary N) is 1. The Morgan fingerprint density at radius 2 is 2.00 bits per heavy atom. The Balaban J connectivity index is 3.07. The molecule has 0 aromatic heterocycles. The Kier molecular flexibility index (Phi) is 5.61. The van der Waals surface area contributed by atoms with Gasteiger partial charge in [-0.2, -0.15) is 0 Å². The predicted octanol–water partition coefficient (Wildman–Crippen LogP) is -3.87. The second kappa shape index (κ2) is 6.64. The van der Waals surface area contributed by atoms with Crippen LogP contribution in [0.1, 0.15) is 13.3 Å². The van der Waals surface area contributed by atoms with E-state index in [0.29, 0.717) is 0 Å². The van der Waals surface area contributed by atoms with E-state index in [1.165, 1.54) is 0 Å². The van der Waals surface area contributed by atoms with Crippen LogP contribution in [0.3, 0.4) is 0 Å². The zero-order chi connectivity index (χ0) is 16.4. The zero-order valence-electron chi connectivity index (χ0n) is 11.2. The fraction of sp³-hybridized carbons (Fsp3) is 0.818. The van der Waals surface area contributed by atoms with E-state index in [1.807, 2.05) is 0 Å². The van der Waals surface area contributed by atoms with Gasteiger partial charge in [-0.3, -0.25) is 4.79 Å². The fourth-order valence-electron chi connectivity index (χ4n) is 2.14. The second-order valence-electron chi connectivity index (χ2n) is 4.91. The SMILES string of the molecule is CC(=O)N[C@H]1[C@@H]([C@@H](O)[C@H](O)CO)O[C@](O)(C(=O)O)C[C@H]1O. The van der Waals surface area contributed by atoms with Crippen LogP contribution in [0, 0.1) is 0 Å². The smallest absolute Gasteiger partial charge is 0.364 e. The molecule has 6 atom stereocenters. The van der Waals surface area contributed by atoms with Crippen LogP contribution in [-0.4, -0.2) is 85.4 Å². The van der Waals surface area contributed by atoms with Crippen LogP contribution in [0.15, 0.2) is 0 Å². The van der Waals surface area contributed by atoms with E-state index in [4.69, 9.17) is 14.9 Å². The Morgan fingerprint density at radius 3 is 2.43 bits per heavy atom. The number of carbonyl (C=O) groups is 2. The van der Waals surface area contributed by atoms with Gasteiger partial charge in [-0.1, -0.05) is 0 Å². The summed E-state index contributed by atoms with van der Waals surface area (Å²) in [6, 6.07) is -1.27. The number of amides is 1. The standard InChI is InChI=1S/C11H19NO9/c1-4(14)12-7-5(15)2-11(20,10(18)19)21-9(7)8(17)6(16)3-13/h5-9,13,15-17,20H,2-3H2,1H3,(H,12,14)(H,18,19)/t5-,6-,7-,8+,9+,11+/m1/s1. The highest BCUT2D eigenvalue weighted by Crippen LogP contribution is 2.30. The lowest BCUT2D eigenvalue weighted by molar-refractivity contribution is -0.295. The van der Waals surface area contributed by atoms with E-state index >= 15 is 0 Å².